The van der Waals surface area contributed by atoms with Crippen molar-refractivity contribution in [1.29, 1.82) is 0 Å². The summed E-state index contributed by atoms with van der Waals surface area (Å²) in [6.07, 6.45) is 0. The van der Waals surface area contributed by atoms with Crippen LogP contribution < -0.4 is 11.1 Å². The summed E-state index contributed by atoms with van der Waals surface area (Å²) in [7, 11) is 0. The Morgan fingerprint density at radius 1 is 1.50 bits per heavy atom. The molecule has 1 rings (SSSR count). The molecule has 0 heterocycles. The van der Waals surface area contributed by atoms with Crippen LogP contribution in [0.15, 0.2) is 18.2 Å². The minimum absolute atomic E-state index is 0.312. The second-order valence-corrected chi connectivity index (χ2v) is 2.78. The van der Waals surface area contributed by atoms with Gasteiger partial charge in [-0.1, -0.05) is 11.6 Å². The van der Waals surface area contributed by atoms with Crippen molar-refractivity contribution in [1.82, 2.24) is 0 Å². The number of rotatable bonds is 3. The van der Waals surface area contributed by atoms with E-state index in [0.29, 0.717) is 23.8 Å². The standard InChI is InChI=1S/C8H10ClFN2/c9-6-1-2-7(10)8(5-6)12-4-3-11/h1-2,5,12H,3-4,11H2. The summed E-state index contributed by atoms with van der Waals surface area (Å²) in [6, 6.07) is 4.36. The van der Waals surface area contributed by atoms with E-state index in [1.165, 1.54) is 18.2 Å². The average Bonchev–Trinajstić information content (AvgIpc) is 2.07. The minimum Gasteiger partial charge on any atom is -0.381 e. The number of nitrogens with two attached hydrogens (primary N) is 1. The fraction of sp³-hybridized carbons (Fsp3) is 0.250. The predicted molar refractivity (Wildman–Crippen MR) is 49.0 cm³/mol. The average molecular weight is 189 g/mol. The maximum atomic E-state index is 12.9. The highest BCUT2D eigenvalue weighted by molar-refractivity contribution is 6.30. The van der Waals surface area contributed by atoms with Crippen LogP contribution in [-0.4, -0.2) is 13.1 Å². The normalized spacial score (nSPS) is 9.92. The van der Waals surface area contributed by atoms with Crippen LogP contribution in [0.2, 0.25) is 5.02 Å². The lowest BCUT2D eigenvalue weighted by atomic mass is 10.3. The lowest BCUT2D eigenvalue weighted by Gasteiger charge is -2.05. The highest BCUT2D eigenvalue weighted by Crippen LogP contribution is 2.18. The second kappa shape index (κ2) is 4.28. The molecule has 1 aromatic carbocycles. The first kappa shape index (κ1) is 9.29. The van der Waals surface area contributed by atoms with E-state index in [1.54, 1.807) is 0 Å². The number of anilines is 1. The highest BCUT2D eigenvalue weighted by Gasteiger charge is 2.00. The SMILES string of the molecule is NCCNc1cc(Cl)ccc1F. The van der Waals surface area contributed by atoms with Gasteiger partial charge in [0.1, 0.15) is 5.82 Å². The lowest BCUT2D eigenvalue weighted by molar-refractivity contribution is 0.630. The summed E-state index contributed by atoms with van der Waals surface area (Å²) in [5.41, 5.74) is 5.64. The van der Waals surface area contributed by atoms with Crippen LogP contribution >= 0.6 is 11.6 Å². The van der Waals surface area contributed by atoms with Crippen molar-refractivity contribution in [3.63, 3.8) is 0 Å². The molecule has 0 aromatic heterocycles. The molecule has 0 amide bonds. The number of benzene rings is 1. The van der Waals surface area contributed by atoms with Crippen molar-refractivity contribution in [2.75, 3.05) is 18.4 Å². The summed E-state index contributed by atoms with van der Waals surface area (Å²) < 4.78 is 12.9. The van der Waals surface area contributed by atoms with Gasteiger partial charge in [0.25, 0.3) is 0 Å². The maximum Gasteiger partial charge on any atom is 0.146 e. The monoisotopic (exact) mass is 188 g/mol. The zero-order chi connectivity index (χ0) is 8.97. The Kier molecular flexibility index (Phi) is 3.31. The Balaban J connectivity index is 2.75. The third-order valence-electron chi connectivity index (χ3n) is 1.39. The number of hydrogen-bond donors (Lipinski definition) is 2. The smallest absolute Gasteiger partial charge is 0.146 e. The summed E-state index contributed by atoms with van der Waals surface area (Å²) in [4.78, 5) is 0. The first-order valence-electron chi connectivity index (χ1n) is 3.63. The Hall–Kier alpha value is -0.800. The van der Waals surface area contributed by atoms with Crippen LogP contribution in [0.1, 0.15) is 0 Å². The molecule has 0 radical (unpaired) electrons. The number of hydrogen-bond acceptors (Lipinski definition) is 2. The molecule has 3 N–H and O–H groups in total. The topological polar surface area (TPSA) is 38.0 Å². The largest absolute Gasteiger partial charge is 0.381 e. The van der Waals surface area contributed by atoms with Gasteiger partial charge in [0.05, 0.1) is 5.69 Å². The molecule has 4 heteroatoms. The van der Waals surface area contributed by atoms with Gasteiger partial charge >= 0.3 is 0 Å². The fourth-order valence-corrected chi connectivity index (χ4v) is 1.01. The van der Waals surface area contributed by atoms with E-state index < -0.39 is 0 Å². The molecular formula is C8H10ClFN2. The van der Waals surface area contributed by atoms with Gasteiger partial charge < -0.3 is 11.1 Å². The molecule has 0 spiro atoms. The lowest BCUT2D eigenvalue weighted by Crippen LogP contribution is -2.13. The molecular weight excluding hydrogens is 179 g/mol. The van der Waals surface area contributed by atoms with E-state index >= 15 is 0 Å². The summed E-state index contributed by atoms with van der Waals surface area (Å²) in [6.45, 7) is 1.00. The number of nitrogens with one attached hydrogen (secondary N) is 1. The third-order valence-corrected chi connectivity index (χ3v) is 1.62. The van der Waals surface area contributed by atoms with Gasteiger partial charge in [-0.15, -0.1) is 0 Å². The molecule has 0 aliphatic carbocycles. The van der Waals surface area contributed by atoms with Gasteiger partial charge in [0.15, 0.2) is 0 Å². The molecule has 66 valence electrons. The maximum absolute atomic E-state index is 12.9. The first-order valence-corrected chi connectivity index (χ1v) is 4.01. The first-order chi connectivity index (χ1) is 5.74. The van der Waals surface area contributed by atoms with E-state index in [-0.39, 0.29) is 5.82 Å². The van der Waals surface area contributed by atoms with E-state index in [2.05, 4.69) is 5.32 Å². The van der Waals surface area contributed by atoms with E-state index in [9.17, 15) is 4.39 Å². The number of halogens is 2. The zero-order valence-corrected chi connectivity index (χ0v) is 7.24. The molecule has 0 unspecified atom stereocenters. The molecule has 0 aliphatic heterocycles. The van der Waals surface area contributed by atoms with Crippen LogP contribution in [0, 0.1) is 5.82 Å². The van der Waals surface area contributed by atoms with Crippen LogP contribution in [0.4, 0.5) is 10.1 Å². The molecule has 2 nitrogen and oxygen atoms in total. The Bertz CT molecular complexity index is 265. The molecule has 0 bridgehead atoms. The third kappa shape index (κ3) is 2.36. The summed E-state index contributed by atoms with van der Waals surface area (Å²) >= 11 is 5.66. The van der Waals surface area contributed by atoms with Crippen molar-refractivity contribution in [2.24, 2.45) is 5.73 Å². The van der Waals surface area contributed by atoms with E-state index in [0.717, 1.165) is 0 Å². The molecule has 0 aliphatic rings. The van der Waals surface area contributed by atoms with Gasteiger partial charge in [-0.05, 0) is 18.2 Å². The van der Waals surface area contributed by atoms with E-state index in [1.807, 2.05) is 0 Å². The van der Waals surface area contributed by atoms with E-state index in [4.69, 9.17) is 17.3 Å². The fourth-order valence-electron chi connectivity index (χ4n) is 0.840. The van der Waals surface area contributed by atoms with Gasteiger partial charge in [0.2, 0.25) is 0 Å². The highest BCUT2D eigenvalue weighted by atomic mass is 35.5. The Labute approximate surface area is 75.5 Å². The Morgan fingerprint density at radius 2 is 2.25 bits per heavy atom. The minimum atomic E-state index is -0.312. The molecule has 0 saturated heterocycles. The van der Waals surface area contributed by atoms with Crippen molar-refractivity contribution in [2.45, 2.75) is 0 Å². The van der Waals surface area contributed by atoms with Crippen LogP contribution in [0.3, 0.4) is 0 Å². The van der Waals surface area contributed by atoms with Crippen molar-refractivity contribution >= 4 is 17.3 Å². The van der Waals surface area contributed by atoms with Crippen LogP contribution in [-0.2, 0) is 0 Å². The van der Waals surface area contributed by atoms with Gasteiger partial charge in [-0.3, -0.25) is 0 Å². The van der Waals surface area contributed by atoms with Crippen molar-refractivity contribution in [3.8, 4) is 0 Å². The quantitative estimate of drug-likeness (QED) is 0.760. The second-order valence-electron chi connectivity index (χ2n) is 2.34. The van der Waals surface area contributed by atoms with Crippen molar-refractivity contribution in [3.05, 3.63) is 29.0 Å². The van der Waals surface area contributed by atoms with Crippen LogP contribution in [0.5, 0.6) is 0 Å². The van der Waals surface area contributed by atoms with Gasteiger partial charge in [0, 0.05) is 18.1 Å². The van der Waals surface area contributed by atoms with Gasteiger partial charge in [-0.25, -0.2) is 4.39 Å². The Morgan fingerprint density at radius 3 is 2.92 bits per heavy atom. The van der Waals surface area contributed by atoms with Crippen LogP contribution in [0.25, 0.3) is 0 Å². The summed E-state index contributed by atoms with van der Waals surface area (Å²) in [5.74, 6) is -0.312. The molecule has 0 atom stereocenters. The van der Waals surface area contributed by atoms with Gasteiger partial charge in [-0.2, -0.15) is 0 Å². The molecule has 0 saturated carbocycles. The summed E-state index contributed by atoms with van der Waals surface area (Å²) in [5, 5.41) is 3.33. The molecule has 0 fully saturated rings. The molecule has 1 aromatic rings. The molecule has 12 heavy (non-hydrogen) atoms. The predicted octanol–water partition coefficient (Wildman–Crippen LogP) is 1.85. The zero-order valence-electron chi connectivity index (χ0n) is 6.48. The van der Waals surface area contributed by atoms with Crippen molar-refractivity contribution < 1.29 is 4.39 Å².